The van der Waals surface area contributed by atoms with Crippen LogP contribution in [0, 0.1) is 0 Å². The van der Waals surface area contributed by atoms with Crippen molar-refractivity contribution in [2.24, 2.45) is 0 Å². The van der Waals surface area contributed by atoms with Gasteiger partial charge in [-0.1, -0.05) is 12.1 Å². The van der Waals surface area contributed by atoms with Crippen LogP contribution in [0.1, 0.15) is 40.7 Å². The minimum atomic E-state index is -0.621. The molecule has 3 aliphatic heterocycles. The van der Waals surface area contributed by atoms with Crippen molar-refractivity contribution in [1.82, 2.24) is 30.5 Å². The molecule has 4 heterocycles. The van der Waals surface area contributed by atoms with Crippen LogP contribution in [0.3, 0.4) is 0 Å². The Morgan fingerprint density at radius 2 is 2.06 bits per heavy atom. The molecule has 2 unspecified atom stereocenters. The average molecular weight is 456 g/mol. The number of hydrogen-bond acceptors (Lipinski definition) is 8. The van der Waals surface area contributed by atoms with Crippen LogP contribution in [0.4, 0.5) is 5.95 Å². The normalized spacial score (nSPS) is 22.8. The van der Waals surface area contributed by atoms with E-state index in [9.17, 15) is 14.4 Å². The fraction of sp³-hybridized carbons (Fsp3) is 0.429. The van der Waals surface area contributed by atoms with E-state index in [0.29, 0.717) is 31.0 Å². The number of benzene rings is 1. The molecule has 2 aromatic rings. The maximum atomic E-state index is 12.9. The second-order valence-corrected chi connectivity index (χ2v) is 8.56. The number of carbonyl (C=O) groups is 3. The second-order valence-electron chi connectivity index (χ2n) is 8.22. The molecule has 32 heavy (non-hydrogen) atoms. The molecular formula is C21H22ClN7O3. The Morgan fingerprint density at radius 1 is 1.19 bits per heavy atom. The lowest BCUT2D eigenvalue weighted by molar-refractivity contribution is -0.136. The molecule has 1 aromatic heterocycles. The number of rotatable bonds is 5. The second kappa shape index (κ2) is 8.44. The number of carbonyl (C=O) groups excluding carboxylic acids is 3. The number of aromatic nitrogens is 3. The number of imide groups is 1. The summed E-state index contributed by atoms with van der Waals surface area (Å²) in [5, 5.41) is 5.84. The zero-order valence-corrected chi connectivity index (χ0v) is 18.0. The highest BCUT2D eigenvalue weighted by Gasteiger charge is 2.39. The highest BCUT2D eigenvalue weighted by molar-refractivity contribution is 6.28. The molecule has 0 bridgehead atoms. The van der Waals surface area contributed by atoms with Crippen molar-refractivity contribution < 1.29 is 14.4 Å². The van der Waals surface area contributed by atoms with E-state index in [1.807, 2.05) is 18.2 Å². The summed E-state index contributed by atoms with van der Waals surface area (Å²) in [5.74, 6) is -0.366. The Hall–Kier alpha value is -3.11. The topological polar surface area (TPSA) is 120 Å². The molecule has 2 fully saturated rings. The van der Waals surface area contributed by atoms with E-state index < -0.39 is 11.9 Å². The smallest absolute Gasteiger partial charge is 0.255 e. The molecule has 1 aromatic carbocycles. The highest BCUT2D eigenvalue weighted by atomic mass is 35.5. The first-order valence-electron chi connectivity index (χ1n) is 10.6. The first-order valence-corrected chi connectivity index (χ1v) is 11.0. The fourth-order valence-corrected chi connectivity index (χ4v) is 4.72. The van der Waals surface area contributed by atoms with Crippen LogP contribution >= 0.6 is 11.6 Å². The predicted octanol–water partition coefficient (Wildman–Crippen LogP) is 0.654. The van der Waals surface area contributed by atoms with Gasteiger partial charge in [-0.3, -0.25) is 19.7 Å². The molecule has 3 aliphatic rings. The number of amides is 3. The Kier molecular flexibility index (Phi) is 5.48. The van der Waals surface area contributed by atoms with Crippen LogP contribution in [0.25, 0.3) is 0 Å². The molecule has 3 amide bonds. The maximum absolute atomic E-state index is 12.9. The van der Waals surface area contributed by atoms with E-state index >= 15 is 0 Å². The fourth-order valence-electron chi connectivity index (χ4n) is 4.60. The molecule has 166 valence electrons. The van der Waals surface area contributed by atoms with Gasteiger partial charge in [0.05, 0.1) is 0 Å². The van der Waals surface area contributed by atoms with Gasteiger partial charge in [0.2, 0.25) is 23.0 Å². The molecule has 2 atom stereocenters. The van der Waals surface area contributed by atoms with Crippen molar-refractivity contribution in [1.29, 1.82) is 0 Å². The van der Waals surface area contributed by atoms with Crippen molar-refractivity contribution in [2.45, 2.75) is 44.4 Å². The van der Waals surface area contributed by atoms with Gasteiger partial charge in [0.15, 0.2) is 0 Å². The Balaban J connectivity index is 1.38. The number of halogens is 1. The Bertz CT molecular complexity index is 1090. The maximum Gasteiger partial charge on any atom is 0.255 e. The quantitative estimate of drug-likeness (QED) is 0.631. The summed E-state index contributed by atoms with van der Waals surface area (Å²) in [4.78, 5) is 52.8. The zero-order valence-electron chi connectivity index (χ0n) is 17.3. The van der Waals surface area contributed by atoms with Gasteiger partial charge in [-0.25, -0.2) is 9.97 Å². The number of piperidine rings is 1. The number of hydrogen-bond donors (Lipinski definition) is 2. The van der Waals surface area contributed by atoms with Crippen molar-refractivity contribution in [2.75, 3.05) is 18.0 Å². The lowest BCUT2D eigenvalue weighted by atomic mass is 10.0. The van der Waals surface area contributed by atoms with Crippen LogP contribution in [0.5, 0.6) is 0 Å². The van der Waals surface area contributed by atoms with Gasteiger partial charge in [-0.05, 0) is 48.2 Å². The number of nitrogens with zero attached hydrogens (tertiary/aromatic N) is 5. The third-order valence-electron chi connectivity index (χ3n) is 6.20. The molecule has 11 heteroatoms. The van der Waals surface area contributed by atoms with Gasteiger partial charge in [-0.15, -0.1) is 0 Å². The molecule has 0 radical (unpaired) electrons. The molecular weight excluding hydrogens is 434 g/mol. The largest absolute Gasteiger partial charge is 0.332 e. The summed E-state index contributed by atoms with van der Waals surface area (Å²) < 4.78 is 0. The third-order valence-corrected chi connectivity index (χ3v) is 6.38. The van der Waals surface area contributed by atoms with E-state index in [1.165, 1.54) is 6.33 Å². The number of anilines is 1. The lowest BCUT2D eigenvalue weighted by Gasteiger charge is -2.29. The van der Waals surface area contributed by atoms with Gasteiger partial charge in [-0.2, -0.15) is 4.98 Å². The molecule has 10 nitrogen and oxygen atoms in total. The SMILES string of the molecule is O=C1CCC(N2Cc3cc(CN(c4ncnc(Cl)n4)C4CCNC4)ccc3C2=O)C(=O)N1. The summed E-state index contributed by atoms with van der Waals surface area (Å²) in [6, 6.07) is 5.32. The van der Waals surface area contributed by atoms with E-state index in [4.69, 9.17) is 11.6 Å². The molecule has 2 N–H and O–H groups in total. The van der Waals surface area contributed by atoms with Gasteiger partial charge >= 0.3 is 0 Å². The van der Waals surface area contributed by atoms with Crippen LogP contribution in [-0.4, -0.2) is 62.7 Å². The monoisotopic (exact) mass is 455 g/mol. The van der Waals surface area contributed by atoms with Gasteiger partial charge in [0.1, 0.15) is 12.4 Å². The summed E-state index contributed by atoms with van der Waals surface area (Å²) in [7, 11) is 0. The van der Waals surface area contributed by atoms with Crippen LogP contribution < -0.4 is 15.5 Å². The van der Waals surface area contributed by atoms with Crippen LogP contribution in [0.15, 0.2) is 24.5 Å². The van der Waals surface area contributed by atoms with Crippen molar-refractivity contribution in [3.05, 3.63) is 46.5 Å². The summed E-state index contributed by atoms with van der Waals surface area (Å²) in [6.07, 6.45) is 2.94. The predicted molar refractivity (Wildman–Crippen MR) is 115 cm³/mol. The summed E-state index contributed by atoms with van der Waals surface area (Å²) in [6.45, 7) is 2.62. The average Bonchev–Trinajstić information content (AvgIpc) is 3.41. The number of nitrogens with one attached hydrogen (secondary N) is 2. The highest BCUT2D eigenvalue weighted by Crippen LogP contribution is 2.29. The van der Waals surface area contributed by atoms with Crippen molar-refractivity contribution in [3.8, 4) is 0 Å². The Morgan fingerprint density at radius 3 is 2.81 bits per heavy atom. The summed E-state index contributed by atoms with van der Waals surface area (Å²) in [5.41, 5.74) is 2.47. The van der Waals surface area contributed by atoms with Crippen molar-refractivity contribution >= 4 is 35.3 Å². The van der Waals surface area contributed by atoms with Crippen molar-refractivity contribution in [3.63, 3.8) is 0 Å². The first-order chi connectivity index (χ1) is 15.5. The van der Waals surface area contributed by atoms with E-state index in [0.717, 1.165) is 30.6 Å². The molecule has 2 saturated heterocycles. The first kappa shape index (κ1) is 20.8. The molecule has 0 saturated carbocycles. The lowest BCUT2D eigenvalue weighted by Crippen LogP contribution is -2.52. The zero-order chi connectivity index (χ0) is 22.2. The van der Waals surface area contributed by atoms with Gasteiger partial charge in [0.25, 0.3) is 5.91 Å². The summed E-state index contributed by atoms with van der Waals surface area (Å²) >= 11 is 6.00. The van der Waals surface area contributed by atoms with Gasteiger partial charge < -0.3 is 15.1 Å². The minimum absolute atomic E-state index is 0.144. The van der Waals surface area contributed by atoms with E-state index in [1.54, 1.807) is 4.90 Å². The van der Waals surface area contributed by atoms with Crippen LogP contribution in [-0.2, 0) is 22.7 Å². The Labute approximate surface area is 189 Å². The third kappa shape index (κ3) is 3.91. The van der Waals surface area contributed by atoms with Crippen LogP contribution in [0.2, 0.25) is 5.28 Å². The standard InChI is InChI=1S/C21H22ClN7O3/c22-20-24-11-25-21(27-20)28(14-5-6-23-8-14)9-12-1-2-15-13(7-12)10-29(19(15)32)16-3-4-17(30)26-18(16)31/h1-2,7,11,14,16,23H,3-6,8-10H2,(H,26,30,31). The van der Waals surface area contributed by atoms with E-state index in [-0.39, 0.29) is 29.6 Å². The number of fused-ring (bicyclic) bond motifs is 1. The molecule has 5 rings (SSSR count). The molecule has 0 aliphatic carbocycles. The van der Waals surface area contributed by atoms with Gasteiger partial charge in [0, 0.05) is 37.7 Å². The van der Waals surface area contributed by atoms with E-state index in [2.05, 4.69) is 30.5 Å². The minimum Gasteiger partial charge on any atom is -0.332 e. The molecule has 0 spiro atoms.